The molecule has 1 unspecified atom stereocenters. The quantitative estimate of drug-likeness (QED) is 0.307. The molecule has 43 heavy (non-hydrogen) atoms. The van der Waals surface area contributed by atoms with Crippen LogP contribution in [0.25, 0.3) is 0 Å². The third kappa shape index (κ3) is 7.23. The van der Waals surface area contributed by atoms with Crippen LogP contribution in [0.3, 0.4) is 0 Å². The number of amides is 2. The summed E-state index contributed by atoms with van der Waals surface area (Å²) in [5, 5.41) is 6.15. The number of ether oxygens (including phenoxy) is 1. The number of nitrogens with zero attached hydrogens (tertiary/aromatic N) is 4. The maximum atomic E-state index is 15.0. The van der Waals surface area contributed by atoms with Gasteiger partial charge in [-0.25, -0.2) is 9.40 Å². The molecule has 7 nitrogen and oxygen atoms in total. The van der Waals surface area contributed by atoms with Crippen LogP contribution in [-0.4, -0.2) is 78.3 Å². The smallest absolute Gasteiger partial charge is 0.379 e. The Hall–Kier alpha value is -3.80. The van der Waals surface area contributed by atoms with E-state index in [1.54, 1.807) is 42.5 Å². The lowest BCUT2D eigenvalue weighted by Gasteiger charge is -2.31. The van der Waals surface area contributed by atoms with E-state index < -0.39 is 42.0 Å². The Labute approximate surface area is 251 Å². The molecule has 12 heteroatoms. The van der Waals surface area contributed by atoms with Gasteiger partial charge in [-0.05, 0) is 36.4 Å². The molecule has 0 saturated carbocycles. The SMILES string of the molecule is O=C(c1ccc(C(F)(F)F)cc1)N(CCN1CCOCC1)CC(=O)N1N=C(c2ccccc2Cl)CC1c1ccccc1F. The van der Waals surface area contributed by atoms with Crippen LogP contribution in [0.5, 0.6) is 0 Å². The molecule has 0 N–H and O–H groups in total. The first-order chi connectivity index (χ1) is 20.6. The monoisotopic (exact) mass is 616 g/mol. The summed E-state index contributed by atoms with van der Waals surface area (Å²) in [5.41, 5.74) is 0.476. The number of hydrazone groups is 1. The predicted octanol–water partition coefficient (Wildman–Crippen LogP) is 5.65. The summed E-state index contributed by atoms with van der Waals surface area (Å²) in [6, 6.07) is 16.2. The number of alkyl halides is 3. The second kappa shape index (κ2) is 13.2. The molecule has 0 aromatic heterocycles. The van der Waals surface area contributed by atoms with Crippen molar-refractivity contribution in [3.63, 3.8) is 0 Å². The number of rotatable bonds is 8. The Morgan fingerprint density at radius 1 is 0.977 bits per heavy atom. The third-order valence-electron chi connectivity index (χ3n) is 7.48. The van der Waals surface area contributed by atoms with E-state index in [1.165, 1.54) is 16.0 Å². The zero-order chi connectivity index (χ0) is 30.6. The predicted molar refractivity (Wildman–Crippen MR) is 153 cm³/mol. The molecule has 3 aromatic rings. The van der Waals surface area contributed by atoms with E-state index >= 15 is 0 Å². The summed E-state index contributed by atoms with van der Waals surface area (Å²) >= 11 is 6.41. The van der Waals surface area contributed by atoms with Crippen LogP contribution in [0.4, 0.5) is 17.6 Å². The van der Waals surface area contributed by atoms with E-state index in [0.29, 0.717) is 49.1 Å². The largest absolute Gasteiger partial charge is 0.416 e. The van der Waals surface area contributed by atoms with Crippen LogP contribution in [0, 0.1) is 5.82 Å². The Morgan fingerprint density at radius 2 is 1.65 bits per heavy atom. The van der Waals surface area contributed by atoms with Gasteiger partial charge in [0.2, 0.25) is 0 Å². The molecule has 0 bridgehead atoms. The summed E-state index contributed by atoms with van der Waals surface area (Å²) in [6.45, 7) is 2.48. The first-order valence-corrected chi connectivity index (χ1v) is 14.1. The van der Waals surface area contributed by atoms with E-state index in [4.69, 9.17) is 16.3 Å². The highest BCUT2D eigenvalue weighted by Gasteiger charge is 2.36. The van der Waals surface area contributed by atoms with E-state index in [0.717, 1.165) is 24.3 Å². The van der Waals surface area contributed by atoms with Gasteiger partial charge in [0.1, 0.15) is 12.4 Å². The molecule has 2 heterocycles. The number of hydrogen-bond donors (Lipinski definition) is 0. The van der Waals surface area contributed by atoms with Gasteiger partial charge in [-0.15, -0.1) is 0 Å². The van der Waals surface area contributed by atoms with Crippen molar-refractivity contribution in [3.05, 3.63) is 106 Å². The molecule has 0 spiro atoms. The number of morpholine rings is 1. The van der Waals surface area contributed by atoms with E-state index in [9.17, 15) is 27.2 Å². The minimum absolute atomic E-state index is 0.00936. The van der Waals surface area contributed by atoms with Crippen molar-refractivity contribution in [2.45, 2.75) is 18.6 Å². The average molecular weight is 617 g/mol. The number of carbonyl (C=O) groups is 2. The number of hydrogen-bond acceptors (Lipinski definition) is 5. The van der Waals surface area contributed by atoms with Crippen molar-refractivity contribution >= 4 is 29.1 Å². The molecule has 1 fully saturated rings. The van der Waals surface area contributed by atoms with E-state index in [2.05, 4.69) is 10.0 Å². The number of halogens is 5. The maximum Gasteiger partial charge on any atom is 0.416 e. The van der Waals surface area contributed by atoms with Gasteiger partial charge < -0.3 is 9.64 Å². The van der Waals surface area contributed by atoms with Gasteiger partial charge in [-0.2, -0.15) is 18.3 Å². The second-order valence-corrected chi connectivity index (χ2v) is 10.7. The lowest BCUT2D eigenvalue weighted by Crippen LogP contribution is -2.46. The van der Waals surface area contributed by atoms with Crippen LogP contribution in [0.1, 0.15) is 39.5 Å². The third-order valence-corrected chi connectivity index (χ3v) is 7.81. The zero-order valence-corrected chi connectivity index (χ0v) is 23.8. The lowest BCUT2D eigenvalue weighted by molar-refractivity contribution is -0.137. The summed E-state index contributed by atoms with van der Waals surface area (Å²) < 4.78 is 59.7. The van der Waals surface area contributed by atoms with Crippen molar-refractivity contribution < 1.29 is 31.9 Å². The minimum atomic E-state index is -4.55. The van der Waals surface area contributed by atoms with Gasteiger partial charge in [-0.1, -0.05) is 48.0 Å². The topological polar surface area (TPSA) is 65.5 Å². The van der Waals surface area contributed by atoms with Gasteiger partial charge in [0.05, 0.1) is 30.5 Å². The van der Waals surface area contributed by atoms with Crippen LogP contribution in [0.15, 0.2) is 77.9 Å². The van der Waals surface area contributed by atoms with E-state index in [1.807, 2.05) is 0 Å². The van der Waals surface area contributed by atoms with Gasteiger partial charge in [-0.3, -0.25) is 14.5 Å². The first kappa shape index (κ1) is 30.7. The molecule has 2 aliphatic heterocycles. The molecular formula is C31H29ClF4N4O3. The minimum Gasteiger partial charge on any atom is -0.379 e. The van der Waals surface area contributed by atoms with Crippen molar-refractivity contribution in [2.24, 2.45) is 5.10 Å². The average Bonchev–Trinajstić information content (AvgIpc) is 3.44. The molecule has 5 rings (SSSR count). The first-order valence-electron chi connectivity index (χ1n) is 13.8. The normalized spacial score (nSPS) is 17.6. The van der Waals surface area contributed by atoms with Gasteiger partial charge in [0.25, 0.3) is 11.8 Å². The number of benzene rings is 3. The molecule has 226 valence electrons. The molecule has 2 amide bonds. The molecule has 2 aliphatic rings. The van der Waals surface area contributed by atoms with Crippen molar-refractivity contribution in [3.8, 4) is 0 Å². The highest BCUT2D eigenvalue weighted by molar-refractivity contribution is 6.34. The van der Waals surface area contributed by atoms with Crippen LogP contribution in [0.2, 0.25) is 5.02 Å². The lowest BCUT2D eigenvalue weighted by atomic mass is 9.98. The van der Waals surface area contributed by atoms with Crippen LogP contribution < -0.4 is 0 Å². The number of carbonyl (C=O) groups excluding carboxylic acids is 2. The van der Waals surface area contributed by atoms with Crippen LogP contribution in [-0.2, 0) is 15.7 Å². The Balaban J connectivity index is 1.43. The maximum absolute atomic E-state index is 15.0. The fraction of sp³-hybridized carbons (Fsp3) is 0.323. The van der Waals surface area contributed by atoms with Crippen molar-refractivity contribution in [2.75, 3.05) is 45.9 Å². The zero-order valence-electron chi connectivity index (χ0n) is 23.1. The van der Waals surface area contributed by atoms with E-state index in [-0.39, 0.29) is 24.1 Å². The summed E-state index contributed by atoms with van der Waals surface area (Å²) in [4.78, 5) is 30.8. The van der Waals surface area contributed by atoms with Crippen LogP contribution >= 0.6 is 11.6 Å². The molecule has 1 saturated heterocycles. The highest BCUT2D eigenvalue weighted by Crippen LogP contribution is 2.36. The Kier molecular flexibility index (Phi) is 9.43. The highest BCUT2D eigenvalue weighted by atomic mass is 35.5. The van der Waals surface area contributed by atoms with Gasteiger partial charge in [0, 0.05) is 54.3 Å². The molecule has 1 atom stereocenters. The Morgan fingerprint density at radius 3 is 2.33 bits per heavy atom. The van der Waals surface area contributed by atoms with Gasteiger partial charge >= 0.3 is 6.18 Å². The summed E-state index contributed by atoms with van der Waals surface area (Å²) in [5.74, 6) is -1.68. The second-order valence-electron chi connectivity index (χ2n) is 10.3. The molecule has 3 aromatic carbocycles. The standard InChI is InChI=1S/C31H29ClF4N4O3/c32-25-7-3-1-5-23(25)27-19-28(24-6-2-4-8-26(24)33)40(37-27)29(41)20-39(14-13-38-15-17-43-18-16-38)30(42)21-9-11-22(12-10-21)31(34,35)36/h1-12,28H,13-20H2. The Bertz CT molecular complexity index is 1490. The van der Waals surface area contributed by atoms with Gasteiger partial charge in [0.15, 0.2) is 0 Å². The summed E-state index contributed by atoms with van der Waals surface area (Å²) in [6.07, 6.45) is -4.36. The summed E-state index contributed by atoms with van der Waals surface area (Å²) in [7, 11) is 0. The molecule has 0 radical (unpaired) electrons. The van der Waals surface area contributed by atoms with Crippen molar-refractivity contribution in [1.29, 1.82) is 0 Å². The molecular weight excluding hydrogens is 588 g/mol. The van der Waals surface area contributed by atoms with Crippen molar-refractivity contribution in [1.82, 2.24) is 14.8 Å². The fourth-order valence-corrected chi connectivity index (χ4v) is 5.39. The fourth-order valence-electron chi connectivity index (χ4n) is 5.15. The molecule has 0 aliphatic carbocycles.